The molecule has 0 aliphatic heterocycles. The van der Waals surface area contributed by atoms with E-state index < -0.39 is 200 Å². The lowest BCUT2D eigenvalue weighted by atomic mass is 10.1. The van der Waals surface area contributed by atoms with Gasteiger partial charge in [-0.3, -0.25) is 67.1 Å². The Morgan fingerprint density at radius 3 is 0.633 bits per heavy atom. The number of hydrogen-bond donors (Lipinski definition) is 11. The van der Waals surface area contributed by atoms with Gasteiger partial charge in [0.2, 0.25) is 59.1 Å². The van der Waals surface area contributed by atoms with E-state index >= 15 is 0 Å². The minimum absolute atomic E-state index is 0.00941. The molecule has 0 fully saturated rings. The van der Waals surface area contributed by atoms with E-state index in [1.54, 1.807) is 166 Å². The fourth-order valence-corrected chi connectivity index (χ4v) is 11.9. The largest absolute Gasteiger partial charge is 0.460 e. The van der Waals surface area contributed by atoms with Crippen molar-refractivity contribution in [2.24, 2.45) is 5.73 Å². The molecule has 37 nitrogen and oxygen atoms in total. The van der Waals surface area contributed by atoms with Crippen LogP contribution in [-0.4, -0.2) is 220 Å². The summed E-state index contributed by atoms with van der Waals surface area (Å²) in [6.07, 6.45) is 1.94. The normalized spacial score (nSPS) is 13.7. The number of unbranched alkanes of at least 4 members (excludes halogenated alkanes) is 8. The van der Waals surface area contributed by atoms with E-state index in [2.05, 4.69) is 53.2 Å². The van der Waals surface area contributed by atoms with Crippen molar-refractivity contribution in [3.8, 4) is 0 Å². The van der Waals surface area contributed by atoms with E-state index in [0.717, 1.165) is 0 Å². The van der Waals surface area contributed by atoms with Crippen molar-refractivity contribution < 1.29 is 124 Å². The number of ether oxygens (including phenoxy) is 8. The van der Waals surface area contributed by atoms with Crippen LogP contribution in [0.4, 0.5) is 0 Å². The van der Waals surface area contributed by atoms with Crippen LogP contribution in [0.1, 0.15) is 359 Å². The Bertz CT molecular complexity index is 3590. The van der Waals surface area contributed by atoms with Crippen LogP contribution in [0.15, 0.2) is 0 Å². The van der Waals surface area contributed by atoms with Crippen molar-refractivity contribution in [2.75, 3.05) is 26.2 Å². The molecule has 0 aliphatic carbocycles. The van der Waals surface area contributed by atoms with Crippen molar-refractivity contribution in [3.63, 3.8) is 0 Å². The molecule has 7 unspecified atom stereocenters. The van der Waals surface area contributed by atoms with Gasteiger partial charge in [-0.2, -0.15) is 0 Å². The summed E-state index contributed by atoms with van der Waals surface area (Å²) in [5.74, 6) is -10.9. The Labute approximate surface area is 758 Å². The maximum atomic E-state index is 14.0. The van der Waals surface area contributed by atoms with Crippen LogP contribution in [0.2, 0.25) is 0 Å². The number of carbonyl (C=O) groups is 18. The summed E-state index contributed by atoms with van der Waals surface area (Å²) < 4.78 is 43.6. The molecule has 0 saturated carbocycles. The zero-order chi connectivity index (χ0) is 98.2. The molecule has 734 valence electrons. The molecular formula is C91H159N11O26. The molecule has 0 saturated heterocycles. The van der Waals surface area contributed by atoms with E-state index in [4.69, 9.17) is 43.6 Å². The van der Waals surface area contributed by atoms with Crippen molar-refractivity contribution in [3.05, 3.63) is 0 Å². The first kappa shape index (κ1) is 118. The third-order valence-electron chi connectivity index (χ3n) is 17.5. The Hall–Kier alpha value is -9.58. The van der Waals surface area contributed by atoms with E-state index in [1.807, 2.05) is 0 Å². The second kappa shape index (κ2) is 58.2. The van der Waals surface area contributed by atoms with Crippen LogP contribution >= 0.6 is 0 Å². The van der Waals surface area contributed by atoms with Gasteiger partial charge < -0.3 is 96.8 Å². The Balaban J connectivity index is 6.58. The molecule has 0 aliphatic rings. The summed E-state index contributed by atoms with van der Waals surface area (Å²) in [5, 5.41) is 27.0. The molecule has 0 radical (unpaired) electrons. The molecular weight excluding hydrogens is 1660 g/mol. The Kier molecular flexibility index (Phi) is 53.8. The summed E-state index contributed by atoms with van der Waals surface area (Å²) in [7, 11) is 0. The fourth-order valence-electron chi connectivity index (χ4n) is 11.9. The molecule has 10 amide bonds. The average molecular weight is 1820 g/mol. The third kappa shape index (κ3) is 65.9. The number of amides is 10. The molecule has 0 spiro atoms. The number of nitrogens with two attached hydrogens (primary N) is 1. The SMILES string of the molecule is CC(C)(C)OC(=O)CCC(NC(=O)CCCCCNC(=O)CCC(NC(=O)CCC(N)C(=O)NC(CCC(=O)NCCCCCC(=O)NC(CCC(=O)OC(C)(C)C)C(=O)OC(C)(C)C)C(=O)NCCCCCC(=O)NC(CCC(=O)OC(C)(C)C)C(=O)OC(C)(C)C)C(=O)NCCCCCC(=O)NC(CCC(=O)OC(C)(C)C)C(=O)OC(C)(C)C)C(=O)OC(C)(C)C. The molecule has 0 heterocycles. The molecule has 0 aromatic heterocycles. The summed E-state index contributed by atoms with van der Waals surface area (Å²) in [5.41, 5.74) is -0.196. The zero-order valence-corrected chi connectivity index (χ0v) is 81.3. The molecule has 0 aromatic rings. The summed E-state index contributed by atoms with van der Waals surface area (Å²) in [6.45, 7) is 41.0. The second-order valence-corrected chi connectivity index (χ2v) is 40.0. The molecule has 37 heteroatoms. The lowest BCUT2D eigenvalue weighted by Gasteiger charge is -2.25. The third-order valence-corrected chi connectivity index (χ3v) is 17.5. The van der Waals surface area contributed by atoms with E-state index in [-0.39, 0.29) is 135 Å². The lowest BCUT2D eigenvalue weighted by molar-refractivity contribution is -0.161. The van der Waals surface area contributed by atoms with Gasteiger partial charge in [0.15, 0.2) is 0 Å². The predicted octanol–water partition coefficient (Wildman–Crippen LogP) is 8.12. The van der Waals surface area contributed by atoms with Gasteiger partial charge in [0.25, 0.3) is 0 Å². The van der Waals surface area contributed by atoms with E-state index in [0.29, 0.717) is 77.0 Å². The highest BCUT2D eigenvalue weighted by Gasteiger charge is 2.35. The van der Waals surface area contributed by atoms with Gasteiger partial charge in [0.05, 0.1) is 6.04 Å². The van der Waals surface area contributed by atoms with Gasteiger partial charge in [-0.15, -0.1) is 0 Å². The van der Waals surface area contributed by atoms with Gasteiger partial charge in [0, 0.05) is 96.8 Å². The molecule has 7 atom stereocenters. The molecule has 0 rings (SSSR count). The van der Waals surface area contributed by atoms with Crippen LogP contribution in [0.25, 0.3) is 0 Å². The topological polar surface area (TPSA) is 527 Å². The zero-order valence-electron chi connectivity index (χ0n) is 81.3. The maximum Gasteiger partial charge on any atom is 0.329 e. The average Bonchev–Trinajstić information content (AvgIpc) is 0.901. The van der Waals surface area contributed by atoms with E-state index in [1.165, 1.54) is 0 Å². The van der Waals surface area contributed by atoms with Crippen LogP contribution in [0, 0.1) is 0 Å². The lowest BCUT2D eigenvalue weighted by Crippen LogP contribution is -2.52. The summed E-state index contributed by atoms with van der Waals surface area (Å²) >= 11 is 0. The summed E-state index contributed by atoms with van der Waals surface area (Å²) in [4.78, 5) is 238. The van der Waals surface area contributed by atoms with Crippen molar-refractivity contribution >= 4 is 107 Å². The van der Waals surface area contributed by atoms with Gasteiger partial charge in [0.1, 0.15) is 81.1 Å². The van der Waals surface area contributed by atoms with Crippen LogP contribution in [0.5, 0.6) is 0 Å². The second-order valence-electron chi connectivity index (χ2n) is 40.0. The van der Waals surface area contributed by atoms with Gasteiger partial charge >= 0.3 is 47.8 Å². The molecule has 0 aromatic carbocycles. The molecule has 12 N–H and O–H groups in total. The van der Waals surface area contributed by atoms with Crippen LogP contribution in [-0.2, 0) is 124 Å². The standard InChI is InChI=1S/C91H159N11O26/c1-84(2,3)121-73(110)51-44-62(80(117)125-88(13,14)15)98-68(105)37-29-25-33-55-93-66(103)49-42-60(78(115)95-57-35-27-31-39-70(107)100-64(82(119)127-90(19,20)21)46-53-75(112)123-86(7,8)9)97-72(109)48-41-59(92)77(114)102-61(79(116)96-58-36-28-32-40-71(108)101-65(83(120)128-91(22,23)24)47-54-76(113)124-87(10,11)12)43-50-67(104)94-56-34-26-30-38-69(106)99-63(81(118)126-89(16,17)18)45-52-74(111)122-85(4,5)6/h59-65H,25-58,92H2,1-24H3,(H,93,103)(H,94,104)(H,95,115)(H,96,116)(H,97,109)(H,98,105)(H,99,106)(H,100,107)(H,101,108)(H,102,114). The number of carbonyl (C=O) groups excluding carboxylic acids is 18. The van der Waals surface area contributed by atoms with Gasteiger partial charge in [-0.25, -0.2) is 19.2 Å². The maximum absolute atomic E-state index is 14.0. The summed E-state index contributed by atoms with van der Waals surface area (Å²) in [6, 6.07) is -8.63. The van der Waals surface area contributed by atoms with Gasteiger partial charge in [-0.05, 0) is 262 Å². The highest BCUT2D eigenvalue weighted by molar-refractivity contribution is 5.92. The van der Waals surface area contributed by atoms with Crippen molar-refractivity contribution in [2.45, 2.75) is 446 Å². The predicted molar refractivity (Wildman–Crippen MR) is 477 cm³/mol. The monoisotopic (exact) mass is 1820 g/mol. The highest BCUT2D eigenvalue weighted by Crippen LogP contribution is 2.21. The fraction of sp³-hybridized carbons (Fsp3) is 0.802. The molecule has 0 bridgehead atoms. The number of hydrogen-bond acceptors (Lipinski definition) is 27. The van der Waals surface area contributed by atoms with Crippen molar-refractivity contribution in [1.29, 1.82) is 0 Å². The first-order chi connectivity index (χ1) is 58.8. The van der Waals surface area contributed by atoms with Crippen molar-refractivity contribution in [1.82, 2.24) is 53.2 Å². The van der Waals surface area contributed by atoms with Crippen LogP contribution in [0.3, 0.4) is 0 Å². The Morgan fingerprint density at radius 1 is 0.203 bits per heavy atom. The first-order valence-corrected chi connectivity index (χ1v) is 45.2. The van der Waals surface area contributed by atoms with E-state index in [9.17, 15) is 86.3 Å². The smallest absolute Gasteiger partial charge is 0.329 e. The minimum atomic E-state index is -1.44. The molecule has 128 heavy (non-hydrogen) atoms. The van der Waals surface area contributed by atoms with Crippen LogP contribution < -0.4 is 58.9 Å². The number of nitrogens with one attached hydrogen (secondary N) is 10. The minimum Gasteiger partial charge on any atom is -0.460 e. The number of rotatable bonds is 58. The highest BCUT2D eigenvalue weighted by atomic mass is 16.6. The van der Waals surface area contributed by atoms with Gasteiger partial charge in [-0.1, -0.05) is 25.7 Å². The Morgan fingerprint density at radius 2 is 0.398 bits per heavy atom. The number of esters is 8. The quantitative estimate of drug-likeness (QED) is 0.0155. The first-order valence-electron chi connectivity index (χ1n) is 45.2.